The third kappa shape index (κ3) is 5.71. The first-order valence-electron chi connectivity index (χ1n) is 9.58. The van der Waals surface area contributed by atoms with Crippen molar-refractivity contribution in [2.24, 2.45) is 0 Å². The van der Waals surface area contributed by atoms with Gasteiger partial charge in [-0.05, 0) is 39.8 Å². The normalized spacial score (nSPS) is 16.5. The number of rotatable bonds is 10. The lowest BCUT2D eigenvalue weighted by Gasteiger charge is -2.23. The molecule has 6 nitrogen and oxygen atoms in total. The molecule has 1 fully saturated rings. The first-order chi connectivity index (χ1) is 12.1. The van der Waals surface area contributed by atoms with Gasteiger partial charge in [0.1, 0.15) is 0 Å². The van der Waals surface area contributed by atoms with Crippen LogP contribution in [-0.2, 0) is 11.3 Å². The van der Waals surface area contributed by atoms with E-state index in [2.05, 4.69) is 52.9 Å². The number of carbonyl (C=O) groups excluding carboxylic acids is 1. The Balaban J connectivity index is 2.02. The molecule has 7 heteroatoms. The first kappa shape index (κ1) is 20.2. The zero-order valence-corrected chi connectivity index (χ0v) is 16.9. The van der Waals surface area contributed by atoms with Gasteiger partial charge in [0.15, 0.2) is 11.0 Å². The average Bonchev–Trinajstić information content (AvgIpc) is 3.21. The summed E-state index contributed by atoms with van der Waals surface area (Å²) < 4.78 is 2.21. The van der Waals surface area contributed by atoms with Crippen LogP contribution in [0.4, 0.5) is 0 Å². The number of thioether (sulfide) groups is 1. The van der Waals surface area contributed by atoms with E-state index in [1.165, 1.54) is 24.6 Å². The molecule has 25 heavy (non-hydrogen) atoms. The monoisotopic (exact) mass is 367 g/mol. The molecule has 0 saturated heterocycles. The fraction of sp³-hybridized carbons (Fsp3) is 0.833. The zero-order valence-electron chi connectivity index (χ0n) is 16.1. The minimum Gasteiger partial charge on any atom is -0.353 e. The van der Waals surface area contributed by atoms with Crippen LogP contribution < -0.4 is 5.32 Å². The van der Waals surface area contributed by atoms with E-state index >= 15 is 0 Å². The minimum atomic E-state index is 0.114. The quantitative estimate of drug-likeness (QED) is 0.643. The van der Waals surface area contributed by atoms with Gasteiger partial charge in [-0.3, -0.25) is 9.69 Å². The Morgan fingerprint density at radius 3 is 2.64 bits per heavy atom. The van der Waals surface area contributed by atoms with Gasteiger partial charge in [-0.2, -0.15) is 0 Å². The Labute approximate surface area is 156 Å². The summed E-state index contributed by atoms with van der Waals surface area (Å²) in [5.41, 5.74) is 0. The number of hydrogen-bond donors (Lipinski definition) is 1. The van der Waals surface area contributed by atoms with Crippen LogP contribution in [0.2, 0.25) is 0 Å². The van der Waals surface area contributed by atoms with E-state index < -0.39 is 0 Å². The van der Waals surface area contributed by atoms with E-state index in [0.717, 1.165) is 49.6 Å². The summed E-state index contributed by atoms with van der Waals surface area (Å²) in [4.78, 5) is 14.4. The van der Waals surface area contributed by atoms with Crippen molar-refractivity contribution < 1.29 is 4.79 Å². The number of unbranched alkanes of at least 4 members (excludes halogenated alkanes) is 1. The lowest BCUT2D eigenvalue weighted by Crippen LogP contribution is -2.33. The van der Waals surface area contributed by atoms with Crippen LogP contribution in [0, 0.1) is 0 Å². The fourth-order valence-electron chi connectivity index (χ4n) is 3.43. The molecule has 1 heterocycles. The summed E-state index contributed by atoms with van der Waals surface area (Å²) in [7, 11) is 4.16. The van der Waals surface area contributed by atoms with E-state index in [9.17, 15) is 4.79 Å². The third-order valence-corrected chi connectivity index (χ3v) is 5.81. The van der Waals surface area contributed by atoms with Crippen LogP contribution in [0.5, 0.6) is 0 Å². The van der Waals surface area contributed by atoms with Crippen LogP contribution in [0.3, 0.4) is 0 Å². The van der Waals surface area contributed by atoms with Gasteiger partial charge >= 0.3 is 0 Å². The second-order valence-electron chi connectivity index (χ2n) is 7.07. The maximum atomic E-state index is 12.2. The van der Waals surface area contributed by atoms with Crippen LogP contribution in [0.1, 0.15) is 70.7 Å². The van der Waals surface area contributed by atoms with Gasteiger partial charge in [-0.1, -0.05) is 44.9 Å². The Bertz CT molecular complexity index is 540. The van der Waals surface area contributed by atoms with E-state index in [-0.39, 0.29) is 11.9 Å². The molecule has 0 aromatic carbocycles. The van der Waals surface area contributed by atoms with Gasteiger partial charge in [0.05, 0.1) is 11.8 Å². The molecule has 1 aliphatic rings. The predicted molar refractivity (Wildman–Crippen MR) is 103 cm³/mol. The molecule has 1 aliphatic carbocycles. The van der Waals surface area contributed by atoms with Crippen molar-refractivity contribution in [3.63, 3.8) is 0 Å². The van der Waals surface area contributed by atoms with Gasteiger partial charge in [0.2, 0.25) is 5.91 Å². The molecular weight excluding hydrogens is 334 g/mol. The maximum absolute atomic E-state index is 12.2. The lowest BCUT2D eigenvalue weighted by atomic mass is 10.2. The molecule has 0 unspecified atom stereocenters. The SMILES string of the molecule is CCCCn1c(SCC(=O)NC2CCCC2)nnc1[C@@H](CC)N(C)C. The molecule has 0 aliphatic heterocycles. The zero-order chi connectivity index (χ0) is 18.2. The molecule has 0 radical (unpaired) electrons. The average molecular weight is 368 g/mol. The number of nitrogens with one attached hydrogen (secondary N) is 1. The highest BCUT2D eigenvalue weighted by atomic mass is 32.2. The Kier molecular flexibility index (Phi) is 8.22. The van der Waals surface area contributed by atoms with Crippen molar-refractivity contribution in [1.82, 2.24) is 25.0 Å². The van der Waals surface area contributed by atoms with Gasteiger partial charge in [0, 0.05) is 12.6 Å². The van der Waals surface area contributed by atoms with E-state index in [0.29, 0.717) is 11.8 Å². The van der Waals surface area contributed by atoms with Gasteiger partial charge < -0.3 is 9.88 Å². The van der Waals surface area contributed by atoms with Gasteiger partial charge in [-0.25, -0.2) is 0 Å². The standard InChI is InChI=1S/C18H33N5OS/c1-5-7-12-23-17(15(6-2)22(3)4)20-21-18(23)25-13-16(24)19-14-10-8-9-11-14/h14-15H,5-13H2,1-4H3,(H,19,24)/t15-/m1/s1. The molecule has 1 amide bonds. The summed E-state index contributed by atoms with van der Waals surface area (Å²) in [6.45, 7) is 5.27. The second kappa shape index (κ2) is 10.2. The number of aromatic nitrogens is 3. The molecule has 1 atom stereocenters. The topological polar surface area (TPSA) is 63.1 Å². The van der Waals surface area contributed by atoms with Crippen LogP contribution in [0.15, 0.2) is 5.16 Å². The summed E-state index contributed by atoms with van der Waals surface area (Å²) in [5.74, 6) is 1.54. The van der Waals surface area contributed by atoms with Crippen LogP contribution >= 0.6 is 11.8 Å². The second-order valence-corrected chi connectivity index (χ2v) is 8.01. The van der Waals surface area contributed by atoms with Crippen molar-refractivity contribution >= 4 is 17.7 Å². The largest absolute Gasteiger partial charge is 0.353 e. The highest BCUT2D eigenvalue weighted by Crippen LogP contribution is 2.26. The summed E-state index contributed by atoms with van der Waals surface area (Å²) in [5, 5.41) is 12.9. The van der Waals surface area contributed by atoms with E-state index in [1.807, 2.05) is 0 Å². The minimum absolute atomic E-state index is 0.114. The van der Waals surface area contributed by atoms with Crippen molar-refractivity contribution in [2.75, 3.05) is 19.8 Å². The Morgan fingerprint density at radius 1 is 1.32 bits per heavy atom. The van der Waals surface area contributed by atoms with E-state index in [4.69, 9.17) is 0 Å². The molecule has 1 N–H and O–H groups in total. The smallest absolute Gasteiger partial charge is 0.230 e. The molecule has 1 aromatic rings. The molecule has 1 aromatic heterocycles. The van der Waals surface area contributed by atoms with Crippen molar-refractivity contribution in [2.45, 2.75) is 82.6 Å². The van der Waals surface area contributed by atoms with Crippen molar-refractivity contribution in [3.8, 4) is 0 Å². The third-order valence-electron chi connectivity index (χ3n) is 4.84. The molecule has 1 saturated carbocycles. The van der Waals surface area contributed by atoms with Crippen LogP contribution in [0.25, 0.3) is 0 Å². The van der Waals surface area contributed by atoms with Gasteiger partial charge in [-0.15, -0.1) is 10.2 Å². The maximum Gasteiger partial charge on any atom is 0.230 e. The number of nitrogens with zero attached hydrogens (tertiary/aromatic N) is 4. The molecule has 142 valence electrons. The van der Waals surface area contributed by atoms with Crippen molar-refractivity contribution in [1.29, 1.82) is 0 Å². The van der Waals surface area contributed by atoms with Crippen molar-refractivity contribution in [3.05, 3.63) is 5.82 Å². The summed E-state index contributed by atoms with van der Waals surface area (Å²) >= 11 is 1.51. The van der Waals surface area contributed by atoms with Crippen LogP contribution in [-0.4, -0.2) is 51.5 Å². The molecule has 0 spiro atoms. The van der Waals surface area contributed by atoms with Gasteiger partial charge in [0.25, 0.3) is 0 Å². The highest BCUT2D eigenvalue weighted by Gasteiger charge is 2.23. The number of amides is 1. The lowest BCUT2D eigenvalue weighted by molar-refractivity contribution is -0.119. The number of hydrogen-bond acceptors (Lipinski definition) is 5. The highest BCUT2D eigenvalue weighted by molar-refractivity contribution is 7.99. The first-order valence-corrected chi connectivity index (χ1v) is 10.6. The molecule has 2 rings (SSSR count). The predicted octanol–water partition coefficient (Wildman–Crippen LogP) is 3.24. The summed E-state index contributed by atoms with van der Waals surface area (Å²) in [6, 6.07) is 0.630. The Hall–Kier alpha value is -1.08. The molecular formula is C18H33N5OS. The molecule has 0 bridgehead atoms. The number of carbonyl (C=O) groups is 1. The fourth-order valence-corrected chi connectivity index (χ4v) is 4.21. The van der Waals surface area contributed by atoms with E-state index in [1.54, 1.807) is 0 Å². The summed E-state index contributed by atoms with van der Waals surface area (Å²) in [6.07, 6.45) is 7.91. The Morgan fingerprint density at radius 2 is 2.04 bits per heavy atom.